The lowest BCUT2D eigenvalue weighted by Crippen LogP contribution is -2.50. The molecule has 0 aliphatic carbocycles. The molecule has 3 rings (SSSR count). The molecule has 132 valence electrons. The predicted octanol–water partition coefficient (Wildman–Crippen LogP) is 4.18. The fraction of sp³-hybridized carbons (Fsp3) is 0.316. The number of thiocarbonyl (C=S) groups is 1. The molecule has 1 N–H and O–H groups in total. The lowest BCUT2D eigenvalue weighted by molar-refractivity contribution is 0.382. The average Bonchev–Trinajstić information content (AvgIpc) is 2.65. The maximum Gasteiger partial charge on any atom is 0.173 e. The van der Waals surface area contributed by atoms with Crippen molar-refractivity contribution in [3.63, 3.8) is 0 Å². The third-order valence-electron chi connectivity index (χ3n) is 4.43. The summed E-state index contributed by atoms with van der Waals surface area (Å²) >= 11 is 11.9. The first kappa shape index (κ1) is 17.8. The van der Waals surface area contributed by atoms with E-state index in [0.717, 1.165) is 53.9 Å². The quantitative estimate of drug-likeness (QED) is 0.812. The summed E-state index contributed by atoms with van der Waals surface area (Å²) in [6.07, 6.45) is 0. The van der Waals surface area contributed by atoms with Crippen molar-refractivity contribution in [3.8, 4) is 5.75 Å². The van der Waals surface area contributed by atoms with Gasteiger partial charge in [0.25, 0.3) is 0 Å². The van der Waals surface area contributed by atoms with Crippen molar-refractivity contribution in [3.05, 3.63) is 53.1 Å². The van der Waals surface area contributed by atoms with E-state index in [4.69, 9.17) is 28.6 Å². The summed E-state index contributed by atoms with van der Waals surface area (Å²) in [4.78, 5) is 4.51. The number of aryl methyl sites for hydroxylation is 1. The van der Waals surface area contributed by atoms with Gasteiger partial charge in [0.1, 0.15) is 5.75 Å². The molecule has 1 saturated heterocycles. The van der Waals surface area contributed by atoms with Gasteiger partial charge in [-0.05, 0) is 42.9 Å². The van der Waals surface area contributed by atoms with E-state index >= 15 is 0 Å². The van der Waals surface area contributed by atoms with E-state index in [2.05, 4.69) is 21.2 Å². The highest BCUT2D eigenvalue weighted by molar-refractivity contribution is 7.80. The van der Waals surface area contributed by atoms with Crippen molar-refractivity contribution < 1.29 is 4.74 Å². The van der Waals surface area contributed by atoms with E-state index in [9.17, 15) is 0 Å². The van der Waals surface area contributed by atoms with Crippen LogP contribution in [0.4, 0.5) is 11.4 Å². The van der Waals surface area contributed by atoms with Crippen LogP contribution < -0.4 is 15.0 Å². The van der Waals surface area contributed by atoms with Gasteiger partial charge in [0.15, 0.2) is 5.11 Å². The second kappa shape index (κ2) is 7.93. The third kappa shape index (κ3) is 3.99. The number of methoxy groups -OCH3 is 1. The maximum atomic E-state index is 6.35. The molecule has 1 heterocycles. The van der Waals surface area contributed by atoms with Crippen LogP contribution in [0.15, 0.2) is 42.5 Å². The van der Waals surface area contributed by atoms with Crippen LogP contribution in [0, 0.1) is 6.92 Å². The van der Waals surface area contributed by atoms with Crippen molar-refractivity contribution >= 4 is 40.3 Å². The van der Waals surface area contributed by atoms with Crippen molar-refractivity contribution in [2.45, 2.75) is 6.92 Å². The molecule has 2 aromatic rings. The molecule has 0 spiro atoms. The first-order valence-electron chi connectivity index (χ1n) is 8.29. The smallest absolute Gasteiger partial charge is 0.173 e. The molecule has 0 bridgehead atoms. The molecule has 4 nitrogen and oxygen atoms in total. The number of para-hydroxylation sites is 2. The van der Waals surface area contributed by atoms with Crippen LogP contribution >= 0.6 is 23.8 Å². The van der Waals surface area contributed by atoms with Gasteiger partial charge in [-0.3, -0.25) is 0 Å². The number of nitrogens with zero attached hydrogens (tertiary/aromatic N) is 2. The Hall–Kier alpha value is -1.98. The molecule has 25 heavy (non-hydrogen) atoms. The van der Waals surface area contributed by atoms with Crippen LogP contribution in [0.3, 0.4) is 0 Å². The van der Waals surface area contributed by atoms with Crippen LogP contribution in [0.25, 0.3) is 0 Å². The SMILES string of the molecule is COc1ccccc1N1CCN(C(=S)Nc2cccc(C)c2Cl)CC1. The molecule has 0 aromatic heterocycles. The number of piperazine rings is 1. The average molecular weight is 376 g/mol. The van der Waals surface area contributed by atoms with Crippen LogP contribution in [0.1, 0.15) is 5.56 Å². The number of hydrogen-bond acceptors (Lipinski definition) is 3. The highest BCUT2D eigenvalue weighted by Crippen LogP contribution is 2.29. The number of ether oxygens (including phenoxy) is 1. The Morgan fingerprint density at radius 3 is 2.52 bits per heavy atom. The van der Waals surface area contributed by atoms with Crippen molar-refractivity contribution in [2.75, 3.05) is 43.5 Å². The van der Waals surface area contributed by atoms with E-state index in [1.165, 1.54) is 0 Å². The van der Waals surface area contributed by atoms with Crippen LogP contribution in [0.2, 0.25) is 5.02 Å². The van der Waals surface area contributed by atoms with Crippen LogP contribution in [0.5, 0.6) is 5.75 Å². The minimum absolute atomic E-state index is 0.715. The second-order valence-corrected chi connectivity index (χ2v) is 6.78. The zero-order chi connectivity index (χ0) is 17.8. The van der Waals surface area contributed by atoms with Crippen molar-refractivity contribution in [1.82, 2.24) is 4.90 Å². The maximum absolute atomic E-state index is 6.35. The first-order chi connectivity index (χ1) is 12.1. The normalized spacial score (nSPS) is 14.4. The first-order valence-corrected chi connectivity index (χ1v) is 9.08. The molecule has 0 amide bonds. The molecule has 1 aliphatic rings. The molecular formula is C19H22ClN3OS. The molecule has 0 unspecified atom stereocenters. The topological polar surface area (TPSA) is 27.7 Å². The Morgan fingerprint density at radius 2 is 1.80 bits per heavy atom. The number of anilines is 2. The standard InChI is InChI=1S/C19H22ClN3OS/c1-14-6-5-7-15(18(14)20)21-19(25)23-12-10-22(11-13-23)16-8-3-4-9-17(16)24-2/h3-9H,10-13H2,1-2H3,(H,21,25). The van der Waals surface area contributed by atoms with E-state index in [0.29, 0.717) is 5.11 Å². The van der Waals surface area contributed by atoms with Gasteiger partial charge in [-0.1, -0.05) is 35.9 Å². The Kier molecular flexibility index (Phi) is 5.66. The summed E-state index contributed by atoms with van der Waals surface area (Å²) in [5.41, 5.74) is 3.03. The summed E-state index contributed by atoms with van der Waals surface area (Å²) < 4.78 is 5.47. The molecular weight excluding hydrogens is 354 g/mol. The second-order valence-electron chi connectivity index (χ2n) is 6.01. The molecule has 2 aromatic carbocycles. The number of halogens is 1. The predicted molar refractivity (Wildman–Crippen MR) is 109 cm³/mol. The van der Waals surface area contributed by atoms with Gasteiger partial charge in [0.05, 0.1) is 23.5 Å². The summed E-state index contributed by atoms with van der Waals surface area (Å²) in [5, 5.41) is 4.72. The van der Waals surface area contributed by atoms with Crippen molar-refractivity contribution in [1.29, 1.82) is 0 Å². The molecule has 6 heteroatoms. The van der Waals surface area contributed by atoms with Gasteiger partial charge in [-0.25, -0.2) is 0 Å². The zero-order valence-electron chi connectivity index (χ0n) is 14.5. The van der Waals surface area contributed by atoms with E-state index in [1.807, 2.05) is 43.3 Å². The van der Waals surface area contributed by atoms with Crippen LogP contribution in [-0.4, -0.2) is 43.3 Å². The summed E-state index contributed by atoms with van der Waals surface area (Å²) in [6, 6.07) is 14.0. The third-order valence-corrected chi connectivity index (χ3v) is 5.29. The highest BCUT2D eigenvalue weighted by atomic mass is 35.5. The van der Waals surface area contributed by atoms with Crippen LogP contribution in [-0.2, 0) is 0 Å². The van der Waals surface area contributed by atoms with Gasteiger partial charge in [0, 0.05) is 26.2 Å². The molecule has 0 atom stereocenters. The Balaban J connectivity index is 1.62. The monoisotopic (exact) mass is 375 g/mol. The van der Waals surface area contributed by atoms with Gasteiger partial charge in [-0.2, -0.15) is 0 Å². The Labute approximate surface area is 159 Å². The van der Waals surface area contributed by atoms with Gasteiger partial charge < -0.3 is 19.9 Å². The summed E-state index contributed by atoms with van der Waals surface area (Å²) in [7, 11) is 1.71. The largest absolute Gasteiger partial charge is 0.495 e. The van der Waals surface area contributed by atoms with E-state index in [1.54, 1.807) is 7.11 Å². The fourth-order valence-electron chi connectivity index (χ4n) is 2.98. The number of nitrogens with one attached hydrogen (secondary N) is 1. The van der Waals surface area contributed by atoms with E-state index < -0.39 is 0 Å². The highest BCUT2D eigenvalue weighted by Gasteiger charge is 2.21. The van der Waals surface area contributed by atoms with E-state index in [-0.39, 0.29) is 0 Å². The lowest BCUT2D eigenvalue weighted by atomic mass is 10.2. The molecule has 1 fully saturated rings. The summed E-state index contributed by atoms with van der Waals surface area (Å²) in [6.45, 7) is 5.48. The Morgan fingerprint density at radius 1 is 1.08 bits per heavy atom. The molecule has 0 saturated carbocycles. The number of benzene rings is 2. The molecule has 1 aliphatic heterocycles. The minimum Gasteiger partial charge on any atom is -0.495 e. The number of rotatable bonds is 3. The zero-order valence-corrected chi connectivity index (χ0v) is 16.0. The number of hydrogen-bond donors (Lipinski definition) is 1. The minimum atomic E-state index is 0.715. The van der Waals surface area contributed by atoms with Crippen molar-refractivity contribution in [2.24, 2.45) is 0 Å². The molecule has 0 radical (unpaired) electrons. The van der Waals surface area contributed by atoms with Gasteiger partial charge in [0.2, 0.25) is 0 Å². The van der Waals surface area contributed by atoms with Gasteiger partial charge in [-0.15, -0.1) is 0 Å². The summed E-state index contributed by atoms with van der Waals surface area (Å²) in [5.74, 6) is 0.906. The fourth-order valence-corrected chi connectivity index (χ4v) is 3.45. The Bertz CT molecular complexity index is 760. The lowest BCUT2D eigenvalue weighted by Gasteiger charge is -2.37. The van der Waals surface area contributed by atoms with Gasteiger partial charge >= 0.3 is 0 Å².